The van der Waals surface area contributed by atoms with E-state index in [9.17, 15) is 9.90 Å². The third-order valence-electron chi connectivity index (χ3n) is 2.87. The van der Waals surface area contributed by atoms with Crippen molar-refractivity contribution in [2.75, 3.05) is 0 Å². The molecule has 2 rings (SSSR count). The van der Waals surface area contributed by atoms with Crippen LogP contribution in [0.3, 0.4) is 0 Å². The van der Waals surface area contributed by atoms with Crippen molar-refractivity contribution >= 4 is 11.8 Å². The highest BCUT2D eigenvalue weighted by molar-refractivity contribution is 7.99. The number of aliphatic hydroxyl groups is 1. The summed E-state index contributed by atoms with van der Waals surface area (Å²) in [6.07, 6.45) is 2.66. The topological polar surface area (TPSA) is 83.8 Å². The molecule has 20 heavy (non-hydrogen) atoms. The van der Waals surface area contributed by atoms with Crippen molar-refractivity contribution in [1.82, 2.24) is 19.7 Å². The van der Waals surface area contributed by atoms with Crippen molar-refractivity contribution in [3.05, 3.63) is 34.5 Å². The van der Waals surface area contributed by atoms with E-state index in [0.717, 1.165) is 11.3 Å². The third-order valence-corrected chi connectivity index (χ3v) is 3.84. The van der Waals surface area contributed by atoms with Crippen LogP contribution >= 0.6 is 11.8 Å². The molecule has 0 radical (unpaired) electrons. The Morgan fingerprint density at radius 1 is 1.45 bits per heavy atom. The van der Waals surface area contributed by atoms with Crippen LogP contribution in [0.15, 0.2) is 33.2 Å². The second-order valence-electron chi connectivity index (χ2n) is 4.41. The van der Waals surface area contributed by atoms with Gasteiger partial charge in [0.05, 0.1) is 11.8 Å². The van der Waals surface area contributed by atoms with Gasteiger partial charge in [-0.25, -0.2) is 9.89 Å². The Hall–Kier alpha value is -1.60. The van der Waals surface area contributed by atoms with Crippen molar-refractivity contribution in [2.45, 2.75) is 49.4 Å². The van der Waals surface area contributed by atoms with Gasteiger partial charge < -0.3 is 5.11 Å². The fourth-order valence-electron chi connectivity index (χ4n) is 1.77. The molecule has 2 N–H and O–H groups in total. The van der Waals surface area contributed by atoms with E-state index in [2.05, 4.69) is 15.2 Å². The molecule has 2 aromatic rings. The van der Waals surface area contributed by atoms with Gasteiger partial charge in [0.2, 0.25) is 0 Å². The summed E-state index contributed by atoms with van der Waals surface area (Å²) >= 11 is 1.38. The molecular weight excluding hydrogens is 276 g/mol. The van der Waals surface area contributed by atoms with E-state index in [4.69, 9.17) is 0 Å². The van der Waals surface area contributed by atoms with Crippen LogP contribution < -0.4 is 5.69 Å². The maximum atomic E-state index is 11.6. The van der Waals surface area contributed by atoms with E-state index in [1.54, 1.807) is 16.8 Å². The summed E-state index contributed by atoms with van der Waals surface area (Å²) in [5, 5.41) is 16.8. The Morgan fingerprint density at radius 2 is 2.25 bits per heavy atom. The molecule has 108 valence electrons. The SMILES string of the molecule is CCCn1c(Sc2ccc([C@H](O)CC)nc2)n[nH]c1=O. The highest BCUT2D eigenvalue weighted by Gasteiger charge is 2.11. The first kappa shape index (κ1) is 14.8. The van der Waals surface area contributed by atoms with Crippen LogP contribution in [0.1, 0.15) is 38.5 Å². The smallest absolute Gasteiger partial charge is 0.343 e. The number of hydrogen-bond acceptors (Lipinski definition) is 5. The zero-order chi connectivity index (χ0) is 14.5. The minimum Gasteiger partial charge on any atom is -0.387 e. The molecule has 0 amide bonds. The highest BCUT2D eigenvalue weighted by atomic mass is 32.2. The number of aromatic nitrogens is 4. The molecule has 0 bridgehead atoms. The van der Waals surface area contributed by atoms with Gasteiger partial charge in [0.15, 0.2) is 5.16 Å². The van der Waals surface area contributed by atoms with Gasteiger partial charge in [0.1, 0.15) is 0 Å². The molecule has 0 fully saturated rings. The number of aliphatic hydroxyl groups excluding tert-OH is 1. The maximum Gasteiger partial charge on any atom is 0.343 e. The van der Waals surface area contributed by atoms with Gasteiger partial charge in [-0.1, -0.05) is 13.8 Å². The standard InChI is InChI=1S/C13H18N4O2S/c1-3-7-17-12(19)15-16-13(17)20-9-5-6-10(14-8-9)11(18)4-2/h5-6,8,11,18H,3-4,7H2,1-2H3,(H,15,19)/t11-/m1/s1. The number of H-pyrrole nitrogens is 1. The van der Waals surface area contributed by atoms with Crippen LogP contribution in [0.4, 0.5) is 0 Å². The molecule has 0 saturated heterocycles. The lowest BCUT2D eigenvalue weighted by Gasteiger charge is -2.07. The lowest BCUT2D eigenvalue weighted by molar-refractivity contribution is 0.169. The maximum absolute atomic E-state index is 11.6. The number of rotatable bonds is 6. The van der Waals surface area contributed by atoms with E-state index in [-0.39, 0.29) is 5.69 Å². The van der Waals surface area contributed by atoms with Crippen molar-refractivity contribution in [3.8, 4) is 0 Å². The van der Waals surface area contributed by atoms with Crippen LogP contribution in [0.2, 0.25) is 0 Å². The van der Waals surface area contributed by atoms with E-state index in [0.29, 0.717) is 23.8 Å². The Labute approximate surface area is 121 Å². The first-order valence-corrected chi connectivity index (χ1v) is 7.44. The number of nitrogens with zero attached hydrogens (tertiary/aromatic N) is 3. The lowest BCUT2D eigenvalue weighted by atomic mass is 10.2. The molecule has 0 aromatic carbocycles. The summed E-state index contributed by atoms with van der Waals surface area (Å²) in [5.41, 5.74) is 0.463. The predicted molar refractivity (Wildman–Crippen MR) is 76.7 cm³/mol. The predicted octanol–water partition coefficient (Wildman–Crippen LogP) is 1.97. The zero-order valence-corrected chi connectivity index (χ0v) is 12.4. The van der Waals surface area contributed by atoms with Gasteiger partial charge in [-0.15, -0.1) is 5.10 Å². The summed E-state index contributed by atoms with van der Waals surface area (Å²) in [5.74, 6) is 0. The second-order valence-corrected chi connectivity index (χ2v) is 5.45. The van der Waals surface area contributed by atoms with E-state index >= 15 is 0 Å². The normalized spacial score (nSPS) is 12.6. The van der Waals surface area contributed by atoms with Gasteiger partial charge in [0, 0.05) is 17.6 Å². The van der Waals surface area contributed by atoms with Crippen LogP contribution in [-0.4, -0.2) is 24.9 Å². The van der Waals surface area contributed by atoms with E-state index in [1.165, 1.54) is 11.8 Å². The van der Waals surface area contributed by atoms with E-state index < -0.39 is 6.10 Å². The van der Waals surface area contributed by atoms with Crippen molar-refractivity contribution in [3.63, 3.8) is 0 Å². The van der Waals surface area contributed by atoms with Crippen LogP contribution in [0, 0.1) is 0 Å². The molecule has 7 heteroatoms. The largest absolute Gasteiger partial charge is 0.387 e. The lowest BCUT2D eigenvalue weighted by Crippen LogP contribution is -2.17. The molecule has 2 heterocycles. The Kier molecular flexibility index (Phi) is 4.97. The average molecular weight is 294 g/mol. The number of hydrogen-bond donors (Lipinski definition) is 2. The van der Waals surface area contributed by atoms with Crippen LogP contribution in [0.25, 0.3) is 0 Å². The number of nitrogens with one attached hydrogen (secondary N) is 1. The van der Waals surface area contributed by atoms with Crippen molar-refractivity contribution in [1.29, 1.82) is 0 Å². The van der Waals surface area contributed by atoms with Gasteiger partial charge in [0.25, 0.3) is 0 Å². The van der Waals surface area contributed by atoms with Gasteiger partial charge >= 0.3 is 5.69 Å². The fourth-order valence-corrected chi connectivity index (χ4v) is 2.59. The Bertz CT molecular complexity index is 606. The summed E-state index contributed by atoms with van der Waals surface area (Å²) in [6.45, 7) is 4.55. The van der Waals surface area contributed by atoms with Gasteiger partial charge in [-0.3, -0.25) is 9.55 Å². The van der Waals surface area contributed by atoms with Gasteiger partial charge in [-0.2, -0.15) is 0 Å². The molecule has 0 unspecified atom stereocenters. The first-order valence-electron chi connectivity index (χ1n) is 6.62. The molecule has 6 nitrogen and oxygen atoms in total. The van der Waals surface area contributed by atoms with Gasteiger partial charge in [-0.05, 0) is 36.7 Å². The molecule has 0 aliphatic heterocycles. The minimum absolute atomic E-state index is 0.194. The molecule has 2 aromatic heterocycles. The second kappa shape index (κ2) is 6.71. The molecule has 0 saturated carbocycles. The summed E-state index contributed by atoms with van der Waals surface area (Å²) in [6, 6.07) is 3.67. The van der Waals surface area contributed by atoms with Crippen molar-refractivity contribution < 1.29 is 5.11 Å². The summed E-state index contributed by atoms with van der Waals surface area (Å²) in [7, 11) is 0. The van der Waals surface area contributed by atoms with E-state index in [1.807, 2.05) is 19.9 Å². The number of aromatic amines is 1. The van der Waals surface area contributed by atoms with Crippen molar-refractivity contribution in [2.24, 2.45) is 0 Å². The first-order chi connectivity index (χ1) is 9.65. The number of pyridine rings is 1. The highest BCUT2D eigenvalue weighted by Crippen LogP contribution is 2.25. The third kappa shape index (κ3) is 3.29. The molecule has 1 atom stereocenters. The van der Waals surface area contributed by atoms with Crippen LogP contribution in [0.5, 0.6) is 0 Å². The minimum atomic E-state index is -0.530. The zero-order valence-electron chi connectivity index (χ0n) is 11.5. The molecule has 0 spiro atoms. The molecule has 0 aliphatic carbocycles. The monoisotopic (exact) mass is 294 g/mol. The average Bonchev–Trinajstić information content (AvgIpc) is 2.81. The summed E-state index contributed by atoms with van der Waals surface area (Å²) < 4.78 is 1.61. The fraction of sp³-hybridized carbons (Fsp3) is 0.462. The molecular formula is C13H18N4O2S. The summed E-state index contributed by atoms with van der Waals surface area (Å²) in [4.78, 5) is 16.7. The Morgan fingerprint density at radius 3 is 2.85 bits per heavy atom. The van der Waals surface area contributed by atoms with Crippen LogP contribution in [-0.2, 0) is 6.54 Å². The molecule has 0 aliphatic rings. The quantitative estimate of drug-likeness (QED) is 0.851. The Balaban J connectivity index is 2.16.